The lowest BCUT2D eigenvalue weighted by atomic mass is 9.74. The highest BCUT2D eigenvalue weighted by Gasteiger charge is 2.53. The molecule has 3 heterocycles. The first-order chi connectivity index (χ1) is 26.8. The molecule has 0 amide bonds. The predicted octanol–water partition coefficient (Wildman–Crippen LogP) is 3.50. The Labute approximate surface area is 344 Å². The summed E-state index contributed by atoms with van der Waals surface area (Å²) in [5.41, 5.74) is -3.06. The van der Waals surface area contributed by atoms with Gasteiger partial charge in [-0.25, -0.2) is 0 Å². The van der Waals surface area contributed by atoms with Gasteiger partial charge in [0.1, 0.15) is 29.5 Å². The predicted molar refractivity (Wildman–Crippen MR) is 208 cm³/mol. The van der Waals surface area contributed by atoms with Gasteiger partial charge in [0.25, 0.3) is 0 Å². The van der Waals surface area contributed by atoms with Crippen LogP contribution >= 0.6 is 0 Å². The summed E-state index contributed by atoms with van der Waals surface area (Å²) in [4.78, 5) is 53.5. The molecule has 0 bridgehead atoms. The van der Waals surface area contributed by atoms with Crippen LogP contribution in [-0.4, -0.2) is 138 Å². The summed E-state index contributed by atoms with van der Waals surface area (Å²) < 4.78 is 55.0. The van der Waals surface area contributed by atoms with Crippen molar-refractivity contribution in [3.8, 4) is 0 Å². The molecule has 3 aliphatic heterocycles. The third-order valence-electron chi connectivity index (χ3n) is 12.7. The summed E-state index contributed by atoms with van der Waals surface area (Å²) >= 11 is 0. The second-order valence-corrected chi connectivity index (χ2v) is 17.7. The van der Waals surface area contributed by atoms with E-state index in [2.05, 4.69) is 0 Å². The number of hydrogen-bond donors (Lipinski definition) is 3. The Balaban J connectivity index is 2.24. The maximum Gasteiger partial charge on any atom is 0.311 e. The van der Waals surface area contributed by atoms with Gasteiger partial charge in [0.05, 0.1) is 48.5 Å². The minimum absolute atomic E-state index is 0.0826. The summed E-state index contributed by atoms with van der Waals surface area (Å²) in [7, 11) is 2.98. The van der Waals surface area contributed by atoms with E-state index in [0.29, 0.717) is 6.42 Å². The molecule has 0 aliphatic carbocycles. The number of ether oxygens (including phenoxy) is 9. The van der Waals surface area contributed by atoms with Gasteiger partial charge in [-0.15, -0.1) is 0 Å². The average Bonchev–Trinajstić information content (AvgIpc) is 3.13. The van der Waals surface area contributed by atoms with Crippen LogP contribution in [0.15, 0.2) is 0 Å². The van der Waals surface area contributed by atoms with E-state index in [0.717, 1.165) is 0 Å². The molecule has 0 aromatic rings. The largest absolute Gasteiger partial charge is 0.461 e. The minimum atomic E-state index is -1.99. The van der Waals surface area contributed by atoms with Gasteiger partial charge in [-0.05, 0) is 53.9 Å². The fourth-order valence-corrected chi connectivity index (χ4v) is 9.20. The molecule has 0 spiro atoms. The second-order valence-electron chi connectivity index (χ2n) is 17.7. The van der Waals surface area contributed by atoms with E-state index in [1.165, 1.54) is 35.0 Å². The van der Waals surface area contributed by atoms with Crippen molar-refractivity contribution in [1.29, 1.82) is 0 Å². The molecule has 3 rings (SSSR count). The fourth-order valence-electron chi connectivity index (χ4n) is 9.20. The molecule has 0 unspecified atom stereocenters. The summed E-state index contributed by atoms with van der Waals surface area (Å²) in [5.74, 6) is -7.59. The molecule has 16 nitrogen and oxygen atoms in total. The van der Waals surface area contributed by atoms with Gasteiger partial charge in [-0.2, -0.15) is 0 Å². The number of ketones is 1. The highest BCUT2D eigenvalue weighted by Crippen LogP contribution is 2.41. The first-order valence-corrected chi connectivity index (χ1v) is 20.7. The number of hydrogen-bond acceptors (Lipinski definition) is 16. The molecule has 3 fully saturated rings. The van der Waals surface area contributed by atoms with E-state index in [9.17, 15) is 34.5 Å². The Kier molecular flexibility index (Phi) is 17.7. The van der Waals surface area contributed by atoms with Crippen LogP contribution in [0.5, 0.6) is 0 Å². The normalized spacial score (nSPS) is 44.7. The summed E-state index contributed by atoms with van der Waals surface area (Å²) in [6.45, 7) is 20.9. The Morgan fingerprint density at radius 2 is 1.43 bits per heavy atom. The third kappa shape index (κ3) is 11.8. The molecule has 0 radical (unpaired) electrons. The SMILES string of the molecule is CO[C@@H]1C[C@H](C)O[C@H](O[C@@H]2[C@@H](C)[C@@H](O[C@H]3C[C@@](C)(OC)[C@H](OC(C)=O)[C@@H](C)O3)[C@@H](C)C(=O)O[C@H]([C@H](C)[C@H](C)O)[C@@H](C)[C@H](OC(C)=O)[C@@H](C)C(=O)[C@](C)(O)C[C@H]2C)[C@H]1O. The molecule has 0 aromatic carbocycles. The first kappa shape index (κ1) is 50.1. The van der Waals surface area contributed by atoms with Crippen LogP contribution in [-0.2, 0) is 61.8 Å². The highest BCUT2D eigenvalue weighted by molar-refractivity contribution is 5.89. The van der Waals surface area contributed by atoms with Crippen molar-refractivity contribution in [2.24, 2.45) is 35.5 Å². The van der Waals surface area contributed by atoms with Crippen LogP contribution in [0, 0.1) is 35.5 Å². The number of methoxy groups -OCH3 is 2. The van der Waals surface area contributed by atoms with Gasteiger partial charge in [-0.3, -0.25) is 19.2 Å². The number of aliphatic hydroxyl groups is 3. The number of carbonyl (C=O) groups is 4. The lowest BCUT2D eigenvalue weighted by Crippen LogP contribution is -2.59. The van der Waals surface area contributed by atoms with Crippen LogP contribution in [0.3, 0.4) is 0 Å². The number of Topliss-reactive ketones (excluding diaryl/α,β-unsaturated/α-hetero) is 1. The molecule has 3 aliphatic rings. The Bertz CT molecular complexity index is 1390. The van der Waals surface area contributed by atoms with Gasteiger partial charge in [0.2, 0.25) is 0 Å². The van der Waals surface area contributed by atoms with Crippen molar-refractivity contribution in [3.05, 3.63) is 0 Å². The van der Waals surface area contributed by atoms with Gasteiger partial charge in [0, 0.05) is 58.7 Å². The summed E-state index contributed by atoms with van der Waals surface area (Å²) in [5, 5.41) is 34.2. The van der Waals surface area contributed by atoms with Crippen LogP contribution in [0.25, 0.3) is 0 Å². The van der Waals surface area contributed by atoms with E-state index in [1.807, 2.05) is 6.92 Å². The number of carbonyl (C=O) groups excluding carboxylic acids is 4. The Morgan fingerprint density at radius 3 is 1.97 bits per heavy atom. The van der Waals surface area contributed by atoms with Crippen molar-refractivity contribution in [3.63, 3.8) is 0 Å². The van der Waals surface area contributed by atoms with E-state index in [-0.39, 0.29) is 18.9 Å². The quantitative estimate of drug-likeness (QED) is 0.212. The van der Waals surface area contributed by atoms with Crippen molar-refractivity contribution in [2.75, 3.05) is 14.2 Å². The highest BCUT2D eigenvalue weighted by atomic mass is 16.7. The van der Waals surface area contributed by atoms with Gasteiger partial charge >= 0.3 is 17.9 Å². The van der Waals surface area contributed by atoms with E-state index >= 15 is 0 Å². The topological polar surface area (TPSA) is 212 Å². The molecule has 16 heteroatoms. The molecular weight excluding hydrogens is 760 g/mol. The first-order valence-electron chi connectivity index (χ1n) is 20.7. The molecule has 3 saturated heterocycles. The zero-order chi connectivity index (χ0) is 44.2. The van der Waals surface area contributed by atoms with Gasteiger partial charge < -0.3 is 58.0 Å². The lowest BCUT2D eigenvalue weighted by molar-refractivity contribution is -0.313. The second kappa shape index (κ2) is 20.5. The van der Waals surface area contributed by atoms with E-state index < -0.39 is 138 Å². The molecule has 20 atom stereocenters. The molecule has 0 saturated carbocycles. The van der Waals surface area contributed by atoms with Crippen molar-refractivity contribution >= 4 is 23.7 Å². The van der Waals surface area contributed by atoms with Crippen molar-refractivity contribution in [1.82, 2.24) is 0 Å². The van der Waals surface area contributed by atoms with Crippen LogP contribution < -0.4 is 0 Å². The monoisotopic (exact) mass is 832 g/mol. The van der Waals surface area contributed by atoms with Crippen LogP contribution in [0.2, 0.25) is 0 Å². The summed E-state index contributed by atoms with van der Waals surface area (Å²) in [6, 6.07) is 0. The number of aliphatic hydroxyl groups excluding tert-OH is 2. The van der Waals surface area contributed by atoms with Gasteiger partial charge in [-0.1, -0.05) is 34.6 Å². The standard InChI is InChI=1S/C42H72O16/c1-19-17-41(12,49)37(47)24(6)35(54-28(10)44)23(5)34(21(3)26(8)43)57-39(48)25(7)36(22(4)33(19)58-40-32(46)30(50-14)16-20(2)52-40)56-31-18-42(13,51-15)38(27(9)53-31)55-29(11)45/h19-27,30-36,38,40,43,46,49H,16-18H2,1-15H3/t19-,20+,21-,22-,23-,24-,25-,26+,27-,30-,31+,32+,33+,34-,35+,36-,38-,40-,41-,42-/m1/s1. The van der Waals surface area contributed by atoms with Crippen molar-refractivity contribution < 1.29 is 77.1 Å². The third-order valence-corrected chi connectivity index (χ3v) is 12.7. The number of cyclic esters (lactones) is 1. The van der Waals surface area contributed by atoms with Crippen molar-refractivity contribution in [2.45, 2.75) is 194 Å². The number of esters is 3. The molecule has 58 heavy (non-hydrogen) atoms. The fraction of sp³-hybridized carbons (Fsp3) is 0.905. The maximum atomic E-state index is 14.6. The van der Waals surface area contributed by atoms with E-state index in [4.69, 9.17) is 42.6 Å². The Morgan fingerprint density at radius 1 is 0.828 bits per heavy atom. The maximum absolute atomic E-state index is 14.6. The zero-order valence-corrected chi connectivity index (χ0v) is 37.2. The molecule has 0 aromatic heterocycles. The number of rotatable bonds is 10. The van der Waals surface area contributed by atoms with E-state index in [1.54, 1.807) is 62.3 Å². The summed E-state index contributed by atoms with van der Waals surface area (Å²) in [6.07, 6.45) is -10.8. The lowest BCUT2D eigenvalue weighted by Gasteiger charge is -2.48. The molecule has 3 N–H and O–H groups in total. The average molecular weight is 833 g/mol. The molecule has 336 valence electrons. The zero-order valence-electron chi connectivity index (χ0n) is 37.2. The molecular formula is C42H72O16. The van der Waals surface area contributed by atoms with Crippen LogP contribution in [0.1, 0.15) is 109 Å². The Hall–Kier alpha value is -2.28. The smallest absolute Gasteiger partial charge is 0.311 e. The van der Waals surface area contributed by atoms with Crippen LogP contribution in [0.4, 0.5) is 0 Å². The van der Waals surface area contributed by atoms with Gasteiger partial charge in [0.15, 0.2) is 24.5 Å². The minimum Gasteiger partial charge on any atom is -0.461 e.